The minimum atomic E-state index is 0.413. The third kappa shape index (κ3) is 3.33. The molecule has 136 valence electrons. The molecule has 0 atom stereocenters. The maximum absolute atomic E-state index is 5.73. The van der Waals surface area contributed by atoms with E-state index in [1.165, 1.54) is 0 Å². The van der Waals surface area contributed by atoms with Gasteiger partial charge in [-0.05, 0) is 50.2 Å². The zero-order valence-corrected chi connectivity index (χ0v) is 15.4. The van der Waals surface area contributed by atoms with Crippen LogP contribution in [0.3, 0.4) is 0 Å². The lowest BCUT2D eigenvalue weighted by molar-refractivity contribution is 0.329. The normalized spacial score (nSPS) is 10.9. The molecule has 4 aromatic rings. The summed E-state index contributed by atoms with van der Waals surface area (Å²) in [6, 6.07) is 15.6. The molecule has 2 heterocycles. The lowest BCUT2D eigenvalue weighted by Gasteiger charge is -2.08. The van der Waals surface area contributed by atoms with Gasteiger partial charge in [-0.2, -0.15) is 4.98 Å². The SMILES string of the molecule is CCOc1nc2ccc(C)cc2cc1-c1noc(-c2cccc(OC)c2)n1. The zero-order valence-electron chi connectivity index (χ0n) is 15.4. The highest BCUT2D eigenvalue weighted by Crippen LogP contribution is 2.32. The van der Waals surface area contributed by atoms with E-state index in [-0.39, 0.29) is 0 Å². The largest absolute Gasteiger partial charge is 0.497 e. The number of aromatic nitrogens is 3. The number of hydrogen-bond acceptors (Lipinski definition) is 6. The molecule has 0 N–H and O–H groups in total. The van der Waals surface area contributed by atoms with E-state index in [1.54, 1.807) is 7.11 Å². The Morgan fingerprint density at radius 2 is 1.93 bits per heavy atom. The van der Waals surface area contributed by atoms with Crippen LogP contribution in [-0.2, 0) is 0 Å². The predicted molar refractivity (Wildman–Crippen MR) is 103 cm³/mol. The summed E-state index contributed by atoms with van der Waals surface area (Å²) in [5, 5.41) is 5.14. The highest BCUT2D eigenvalue weighted by Gasteiger charge is 2.17. The van der Waals surface area contributed by atoms with Gasteiger partial charge in [0, 0.05) is 10.9 Å². The van der Waals surface area contributed by atoms with Crippen molar-refractivity contribution in [1.82, 2.24) is 15.1 Å². The number of methoxy groups -OCH3 is 1. The summed E-state index contributed by atoms with van der Waals surface area (Å²) in [5.41, 5.74) is 3.51. The van der Waals surface area contributed by atoms with E-state index in [0.717, 1.165) is 27.8 Å². The molecule has 4 rings (SSSR count). The van der Waals surface area contributed by atoms with Crippen LogP contribution in [0.1, 0.15) is 12.5 Å². The van der Waals surface area contributed by atoms with E-state index in [9.17, 15) is 0 Å². The lowest BCUT2D eigenvalue weighted by atomic mass is 10.1. The first-order valence-corrected chi connectivity index (χ1v) is 8.70. The van der Waals surface area contributed by atoms with Crippen LogP contribution in [0.4, 0.5) is 0 Å². The number of rotatable bonds is 5. The maximum Gasteiger partial charge on any atom is 0.258 e. The van der Waals surface area contributed by atoms with Crippen LogP contribution in [-0.4, -0.2) is 28.8 Å². The van der Waals surface area contributed by atoms with Crippen LogP contribution in [0.15, 0.2) is 53.1 Å². The number of benzene rings is 2. The van der Waals surface area contributed by atoms with E-state index < -0.39 is 0 Å². The topological polar surface area (TPSA) is 70.3 Å². The fourth-order valence-electron chi connectivity index (χ4n) is 2.89. The summed E-state index contributed by atoms with van der Waals surface area (Å²) in [6.07, 6.45) is 0. The first kappa shape index (κ1) is 17.0. The van der Waals surface area contributed by atoms with Crippen LogP contribution in [0.2, 0.25) is 0 Å². The number of hydrogen-bond donors (Lipinski definition) is 0. The van der Waals surface area contributed by atoms with Gasteiger partial charge in [-0.25, -0.2) is 4.98 Å². The fraction of sp³-hybridized carbons (Fsp3) is 0.190. The van der Waals surface area contributed by atoms with Crippen LogP contribution in [0.5, 0.6) is 11.6 Å². The summed E-state index contributed by atoms with van der Waals surface area (Å²) in [5.74, 6) is 2.07. The quantitative estimate of drug-likeness (QED) is 0.514. The maximum atomic E-state index is 5.73. The van der Waals surface area contributed by atoms with Crippen molar-refractivity contribution >= 4 is 10.9 Å². The third-order valence-electron chi connectivity index (χ3n) is 4.20. The van der Waals surface area contributed by atoms with Gasteiger partial charge in [-0.3, -0.25) is 0 Å². The van der Waals surface area contributed by atoms with Crippen LogP contribution in [0, 0.1) is 6.92 Å². The number of aryl methyl sites for hydroxylation is 1. The molecule has 0 radical (unpaired) electrons. The molecule has 6 nitrogen and oxygen atoms in total. The van der Waals surface area contributed by atoms with Crippen molar-refractivity contribution in [2.45, 2.75) is 13.8 Å². The molecule has 6 heteroatoms. The second kappa shape index (κ2) is 7.07. The third-order valence-corrected chi connectivity index (χ3v) is 4.20. The predicted octanol–water partition coefficient (Wildman–Crippen LogP) is 4.67. The van der Waals surface area contributed by atoms with E-state index >= 15 is 0 Å². The Bertz CT molecular complexity index is 1100. The second-order valence-electron chi connectivity index (χ2n) is 6.13. The first-order chi connectivity index (χ1) is 13.2. The average Bonchev–Trinajstić information content (AvgIpc) is 3.18. The highest BCUT2D eigenvalue weighted by molar-refractivity contribution is 5.85. The molecule has 0 unspecified atom stereocenters. The number of ether oxygens (including phenoxy) is 2. The van der Waals surface area contributed by atoms with Crippen molar-refractivity contribution in [2.24, 2.45) is 0 Å². The molecule has 0 saturated carbocycles. The summed E-state index contributed by atoms with van der Waals surface area (Å²) in [7, 11) is 1.62. The van der Waals surface area contributed by atoms with E-state index in [4.69, 9.17) is 14.0 Å². The van der Waals surface area contributed by atoms with Crippen LogP contribution >= 0.6 is 0 Å². The molecule has 0 amide bonds. The van der Waals surface area contributed by atoms with Crippen molar-refractivity contribution in [3.05, 3.63) is 54.1 Å². The summed E-state index contributed by atoms with van der Waals surface area (Å²) < 4.78 is 16.5. The van der Waals surface area contributed by atoms with Crippen molar-refractivity contribution in [2.75, 3.05) is 13.7 Å². The van der Waals surface area contributed by atoms with Crippen molar-refractivity contribution < 1.29 is 14.0 Å². The minimum absolute atomic E-state index is 0.413. The van der Waals surface area contributed by atoms with Gasteiger partial charge >= 0.3 is 0 Å². The Morgan fingerprint density at radius 1 is 1.04 bits per heavy atom. The smallest absolute Gasteiger partial charge is 0.258 e. The van der Waals surface area contributed by atoms with Crippen molar-refractivity contribution in [3.8, 4) is 34.5 Å². The number of nitrogens with zero attached hydrogens (tertiary/aromatic N) is 3. The zero-order chi connectivity index (χ0) is 18.8. The van der Waals surface area contributed by atoms with E-state index in [1.807, 2.05) is 56.3 Å². The second-order valence-corrected chi connectivity index (χ2v) is 6.13. The van der Waals surface area contributed by atoms with Gasteiger partial charge < -0.3 is 14.0 Å². The molecule has 27 heavy (non-hydrogen) atoms. The van der Waals surface area contributed by atoms with Gasteiger partial charge in [-0.1, -0.05) is 22.9 Å². The molecule has 2 aromatic carbocycles. The monoisotopic (exact) mass is 361 g/mol. The minimum Gasteiger partial charge on any atom is -0.497 e. The summed E-state index contributed by atoms with van der Waals surface area (Å²) >= 11 is 0. The van der Waals surface area contributed by atoms with Gasteiger partial charge in [0.05, 0.1) is 24.8 Å². The highest BCUT2D eigenvalue weighted by atomic mass is 16.5. The fourth-order valence-corrected chi connectivity index (χ4v) is 2.89. The van der Waals surface area contributed by atoms with Gasteiger partial charge in [0.1, 0.15) is 5.75 Å². The van der Waals surface area contributed by atoms with Gasteiger partial charge in [0.15, 0.2) is 0 Å². The Balaban J connectivity index is 1.81. The van der Waals surface area contributed by atoms with Crippen molar-refractivity contribution in [3.63, 3.8) is 0 Å². The molecule has 0 bridgehead atoms. The molecule has 0 spiro atoms. The molecule has 2 aromatic heterocycles. The Labute approximate surface area is 156 Å². The van der Waals surface area contributed by atoms with Gasteiger partial charge in [-0.15, -0.1) is 0 Å². The Hall–Kier alpha value is -3.41. The number of fused-ring (bicyclic) bond motifs is 1. The van der Waals surface area contributed by atoms with Crippen molar-refractivity contribution in [1.29, 1.82) is 0 Å². The molecule has 0 aliphatic rings. The molecular formula is C21H19N3O3. The summed E-state index contributed by atoms with van der Waals surface area (Å²) in [6.45, 7) is 4.46. The molecule has 0 saturated heterocycles. The average molecular weight is 361 g/mol. The standard InChI is InChI=1S/C21H19N3O3/c1-4-26-21-17(12-15-10-13(2)8-9-18(15)22-21)19-23-20(27-24-19)14-6-5-7-16(11-14)25-3/h5-12H,4H2,1-3H3. The molecule has 0 aliphatic heterocycles. The molecular weight excluding hydrogens is 342 g/mol. The first-order valence-electron chi connectivity index (χ1n) is 8.70. The van der Waals surface area contributed by atoms with E-state index in [0.29, 0.717) is 29.8 Å². The Kier molecular flexibility index (Phi) is 4.46. The van der Waals surface area contributed by atoms with E-state index in [2.05, 4.69) is 21.2 Å². The van der Waals surface area contributed by atoms with Crippen LogP contribution in [0.25, 0.3) is 33.7 Å². The van der Waals surface area contributed by atoms with Gasteiger partial charge in [0.25, 0.3) is 5.89 Å². The Morgan fingerprint density at radius 3 is 2.74 bits per heavy atom. The number of pyridine rings is 1. The molecule has 0 fully saturated rings. The lowest BCUT2D eigenvalue weighted by Crippen LogP contribution is -1.98. The van der Waals surface area contributed by atoms with Gasteiger partial charge in [0.2, 0.25) is 11.7 Å². The summed E-state index contributed by atoms with van der Waals surface area (Å²) in [4.78, 5) is 9.17. The molecule has 0 aliphatic carbocycles. The van der Waals surface area contributed by atoms with Crippen LogP contribution < -0.4 is 9.47 Å².